The van der Waals surface area contributed by atoms with Crippen molar-refractivity contribution < 1.29 is 4.79 Å². The van der Waals surface area contributed by atoms with Crippen LogP contribution in [0.3, 0.4) is 0 Å². The summed E-state index contributed by atoms with van der Waals surface area (Å²) in [6.45, 7) is 2.02. The standard InChI is InChI=1S/C18H17N3O/c19-11-15-6-3-4-8-17(15)20-18(22)13-21-10-9-14-5-1-2-7-16(14)12-21/h1-8H,9-10,12-13H2,(H,20,22). The smallest absolute Gasteiger partial charge is 0.238 e. The summed E-state index contributed by atoms with van der Waals surface area (Å²) < 4.78 is 0. The highest BCUT2D eigenvalue weighted by molar-refractivity contribution is 5.93. The van der Waals surface area contributed by atoms with E-state index in [4.69, 9.17) is 5.26 Å². The zero-order valence-electron chi connectivity index (χ0n) is 12.2. The topological polar surface area (TPSA) is 56.1 Å². The molecule has 1 heterocycles. The van der Waals surface area contributed by atoms with Crippen LogP contribution < -0.4 is 5.32 Å². The van der Waals surface area contributed by atoms with Gasteiger partial charge in [-0.25, -0.2) is 0 Å². The van der Waals surface area contributed by atoms with Gasteiger partial charge in [0.25, 0.3) is 0 Å². The molecule has 0 saturated carbocycles. The maximum Gasteiger partial charge on any atom is 0.238 e. The number of nitrogens with one attached hydrogen (secondary N) is 1. The van der Waals surface area contributed by atoms with Gasteiger partial charge in [-0.05, 0) is 29.7 Å². The molecule has 0 atom stereocenters. The van der Waals surface area contributed by atoms with Gasteiger partial charge >= 0.3 is 0 Å². The molecular formula is C18H17N3O. The molecular weight excluding hydrogens is 274 g/mol. The third-order valence-corrected chi connectivity index (χ3v) is 3.90. The summed E-state index contributed by atoms with van der Waals surface area (Å²) in [5.41, 5.74) is 3.72. The number of nitriles is 1. The molecule has 0 unspecified atom stereocenters. The number of anilines is 1. The fourth-order valence-corrected chi connectivity index (χ4v) is 2.77. The van der Waals surface area contributed by atoms with E-state index in [0.717, 1.165) is 19.5 Å². The quantitative estimate of drug-likeness (QED) is 0.945. The lowest BCUT2D eigenvalue weighted by Crippen LogP contribution is -2.37. The second-order valence-corrected chi connectivity index (χ2v) is 5.43. The molecule has 4 heteroatoms. The van der Waals surface area contributed by atoms with E-state index < -0.39 is 0 Å². The lowest BCUT2D eigenvalue weighted by molar-refractivity contribution is -0.117. The van der Waals surface area contributed by atoms with Crippen LogP contribution in [0.25, 0.3) is 0 Å². The van der Waals surface area contributed by atoms with Crippen molar-refractivity contribution in [1.29, 1.82) is 5.26 Å². The zero-order chi connectivity index (χ0) is 15.4. The van der Waals surface area contributed by atoms with Crippen molar-refractivity contribution in [2.24, 2.45) is 0 Å². The molecule has 4 nitrogen and oxygen atoms in total. The largest absolute Gasteiger partial charge is 0.324 e. The molecule has 2 aromatic carbocycles. The minimum atomic E-state index is -0.0814. The summed E-state index contributed by atoms with van der Waals surface area (Å²) in [6.07, 6.45) is 0.970. The molecule has 1 amide bonds. The maximum atomic E-state index is 12.2. The van der Waals surface area contributed by atoms with Gasteiger partial charge in [0.1, 0.15) is 6.07 Å². The van der Waals surface area contributed by atoms with Crippen LogP contribution in [0.5, 0.6) is 0 Å². The van der Waals surface area contributed by atoms with Crippen LogP contribution in [-0.4, -0.2) is 23.9 Å². The summed E-state index contributed by atoms with van der Waals surface area (Å²) in [7, 11) is 0. The molecule has 1 aliphatic heterocycles. The number of nitrogens with zero attached hydrogens (tertiary/aromatic N) is 2. The number of carbonyl (C=O) groups excluding carboxylic acids is 1. The SMILES string of the molecule is N#Cc1ccccc1NC(=O)CN1CCc2ccccc2C1. The molecule has 0 saturated heterocycles. The van der Waals surface area contributed by atoms with Gasteiger partial charge in [0, 0.05) is 13.1 Å². The molecule has 0 bridgehead atoms. The minimum absolute atomic E-state index is 0.0814. The number of hydrogen-bond acceptors (Lipinski definition) is 3. The molecule has 22 heavy (non-hydrogen) atoms. The third kappa shape index (κ3) is 3.16. The lowest BCUT2D eigenvalue weighted by Gasteiger charge is -2.28. The van der Waals surface area contributed by atoms with Crippen molar-refractivity contribution in [3.05, 3.63) is 65.2 Å². The fourth-order valence-electron chi connectivity index (χ4n) is 2.77. The molecule has 3 rings (SSSR count). The van der Waals surface area contributed by atoms with Crippen LogP contribution in [0.15, 0.2) is 48.5 Å². The predicted molar refractivity (Wildman–Crippen MR) is 85.2 cm³/mol. The Morgan fingerprint density at radius 3 is 2.68 bits per heavy atom. The Morgan fingerprint density at radius 2 is 1.86 bits per heavy atom. The molecule has 0 fully saturated rings. The summed E-state index contributed by atoms with van der Waals surface area (Å²) in [4.78, 5) is 14.3. The average molecular weight is 291 g/mol. The Morgan fingerprint density at radius 1 is 1.14 bits per heavy atom. The van der Waals surface area contributed by atoms with Crippen molar-refractivity contribution in [3.8, 4) is 6.07 Å². The summed E-state index contributed by atoms with van der Waals surface area (Å²) in [5, 5.41) is 11.9. The van der Waals surface area contributed by atoms with Crippen molar-refractivity contribution >= 4 is 11.6 Å². The monoisotopic (exact) mass is 291 g/mol. The summed E-state index contributed by atoms with van der Waals surface area (Å²) in [6, 6.07) is 17.5. The second kappa shape index (κ2) is 6.42. The Kier molecular flexibility index (Phi) is 4.17. The summed E-state index contributed by atoms with van der Waals surface area (Å²) in [5.74, 6) is -0.0814. The van der Waals surface area contributed by atoms with E-state index in [9.17, 15) is 4.79 Å². The van der Waals surface area contributed by atoms with E-state index in [1.807, 2.05) is 12.1 Å². The van der Waals surface area contributed by atoms with Crippen molar-refractivity contribution in [3.63, 3.8) is 0 Å². The van der Waals surface area contributed by atoms with E-state index in [0.29, 0.717) is 17.8 Å². The number of fused-ring (bicyclic) bond motifs is 1. The highest BCUT2D eigenvalue weighted by Gasteiger charge is 2.18. The third-order valence-electron chi connectivity index (χ3n) is 3.90. The second-order valence-electron chi connectivity index (χ2n) is 5.43. The molecule has 110 valence electrons. The number of hydrogen-bond donors (Lipinski definition) is 1. The van der Waals surface area contributed by atoms with Gasteiger partial charge in [-0.15, -0.1) is 0 Å². The Hall–Kier alpha value is -2.64. The van der Waals surface area contributed by atoms with E-state index in [-0.39, 0.29) is 5.91 Å². The van der Waals surface area contributed by atoms with Gasteiger partial charge in [0.2, 0.25) is 5.91 Å². The van der Waals surface area contributed by atoms with Crippen molar-refractivity contribution in [2.75, 3.05) is 18.4 Å². The van der Waals surface area contributed by atoms with Gasteiger partial charge in [-0.3, -0.25) is 9.69 Å². The average Bonchev–Trinajstić information content (AvgIpc) is 2.55. The van der Waals surface area contributed by atoms with Crippen molar-refractivity contribution in [1.82, 2.24) is 4.90 Å². The van der Waals surface area contributed by atoms with Crippen LogP contribution in [0.4, 0.5) is 5.69 Å². The number of amides is 1. The maximum absolute atomic E-state index is 12.2. The number of para-hydroxylation sites is 1. The number of rotatable bonds is 3. The first kappa shape index (κ1) is 14.3. The van der Waals surface area contributed by atoms with Crippen LogP contribution in [0.1, 0.15) is 16.7 Å². The Labute approximate surface area is 130 Å². The molecule has 1 N–H and O–H groups in total. The minimum Gasteiger partial charge on any atom is -0.324 e. The van der Waals surface area contributed by atoms with Crippen LogP contribution in [-0.2, 0) is 17.8 Å². The van der Waals surface area contributed by atoms with Crippen LogP contribution in [0.2, 0.25) is 0 Å². The van der Waals surface area contributed by atoms with E-state index in [2.05, 4.69) is 34.5 Å². The Bertz CT molecular complexity index is 733. The first-order valence-electron chi connectivity index (χ1n) is 7.34. The van der Waals surface area contributed by atoms with Crippen molar-refractivity contribution in [2.45, 2.75) is 13.0 Å². The molecule has 0 aromatic heterocycles. The van der Waals surface area contributed by atoms with E-state index in [1.54, 1.807) is 18.2 Å². The fraction of sp³-hybridized carbons (Fsp3) is 0.222. The highest BCUT2D eigenvalue weighted by Crippen LogP contribution is 2.18. The molecule has 2 aromatic rings. The van der Waals surface area contributed by atoms with Crippen LogP contribution >= 0.6 is 0 Å². The number of carbonyl (C=O) groups is 1. The van der Waals surface area contributed by atoms with Gasteiger partial charge in [-0.2, -0.15) is 5.26 Å². The molecule has 0 spiro atoms. The Balaban J connectivity index is 1.63. The predicted octanol–water partition coefficient (Wildman–Crippen LogP) is 2.56. The zero-order valence-corrected chi connectivity index (χ0v) is 12.2. The van der Waals surface area contributed by atoms with E-state index in [1.165, 1.54) is 11.1 Å². The highest BCUT2D eigenvalue weighted by atomic mass is 16.2. The van der Waals surface area contributed by atoms with Gasteiger partial charge < -0.3 is 5.32 Å². The van der Waals surface area contributed by atoms with Gasteiger partial charge in [-0.1, -0.05) is 36.4 Å². The molecule has 1 aliphatic rings. The van der Waals surface area contributed by atoms with Gasteiger partial charge in [0.15, 0.2) is 0 Å². The van der Waals surface area contributed by atoms with Gasteiger partial charge in [0.05, 0.1) is 17.8 Å². The van der Waals surface area contributed by atoms with E-state index >= 15 is 0 Å². The molecule has 0 radical (unpaired) electrons. The summed E-state index contributed by atoms with van der Waals surface area (Å²) >= 11 is 0. The first-order chi connectivity index (χ1) is 10.8. The molecule has 0 aliphatic carbocycles. The van der Waals surface area contributed by atoms with Crippen LogP contribution in [0, 0.1) is 11.3 Å². The normalized spacial score (nSPS) is 14.0. The number of benzene rings is 2. The first-order valence-corrected chi connectivity index (χ1v) is 7.34. The lowest BCUT2D eigenvalue weighted by atomic mass is 10.00.